The molecule has 1 amide bonds. The van der Waals surface area contributed by atoms with Crippen LogP contribution in [0.15, 0.2) is 0 Å². The number of likely N-dealkylation sites (tertiary alicyclic amines) is 1. The molecular weight excluding hydrogens is 232 g/mol. The van der Waals surface area contributed by atoms with Crippen molar-refractivity contribution in [2.75, 3.05) is 32.8 Å². The first-order valence-electron chi connectivity index (χ1n) is 7.16. The van der Waals surface area contributed by atoms with Gasteiger partial charge in [0.1, 0.15) is 12.6 Å². The van der Waals surface area contributed by atoms with Gasteiger partial charge in [0.2, 0.25) is 0 Å². The SMILES string of the molecule is CCOC(=O)N1CCC([NH2+]C[C@@H]2CCCO2)CC1. The zero-order valence-electron chi connectivity index (χ0n) is 11.3. The third-order valence-electron chi connectivity index (χ3n) is 3.82. The summed E-state index contributed by atoms with van der Waals surface area (Å²) in [5, 5.41) is 2.40. The maximum Gasteiger partial charge on any atom is 0.409 e. The van der Waals surface area contributed by atoms with Crippen molar-refractivity contribution in [1.29, 1.82) is 0 Å². The van der Waals surface area contributed by atoms with E-state index in [1.165, 1.54) is 12.8 Å². The third kappa shape index (κ3) is 3.85. The van der Waals surface area contributed by atoms with Crippen LogP contribution in [0.5, 0.6) is 0 Å². The van der Waals surface area contributed by atoms with Crippen LogP contribution in [0.1, 0.15) is 32.6 Å². The van der Waals surface area contributed by atoms with E-state index in [-0.39, 0.29) is 6.09 Å². The maximum atomic E-state index is 11.5. The molecule has 0 radical (unpaired) electrons. The van der Waals surface area contributed by atoms with Crippen molar-refractivity contribution in [2.24, 2.45) is 0 Å². The summed E-state index contributed by atoms with van der Waals surface area (Å²) in [6, 6.07) is 0.639. The highest BCUT2D eigenvalue weighted by Gasteiger charge is 2.26. The van der Waals surface area contributed by atoms with E-state index in [0.717, 1.165) is 39.1 Å². The van der Waals surface area contributed by atoms with Gasteiger partial charge in [-0.3, -0.25) is 0 Å². The van der Waals surface area contributed by atoms with E-state index in [2.05, 4.69) is 5.32 Å². The normalized spacial score (nSPS) is 25.4. The van der Waals surface area contributed by atoms with E-state index < -0.39 is 0 Å². The number of amides is 1. The highest BCUT2D eigenvalue weighted by atomic mass is 16.6. The number of piperidine rings is 1. The number of carbonyl (C=O) groups excluding carboxylic acids is 1. The number of hydrogen-bond donors (Lipinski definition) is 1. The predicted octanol–water partition coefficient (Wildman–Crippen LogP) is 0.350. The summed E-state index contributed by atoms with van der Waals surface area (Å²) >= 11 is 0. The molecule has 0 saturated carbocycles. The summed E-state index contributed by atoms with van der Waals surface area (Å²) in [4.78, 5) is 13.4. The Morgan fingerprint density at radius 2 is 2.17 bits per heavy atom. The van der Waals surface area contributed by atoms with Crippen LogP contribution in [0.3, 0.4) is 0 Å². The number of quaternary nitrogens is 1. The standard InChI is InChI=1S/C13H24N2O3/c1-2-17-13(16)15-7-5-11(6-8-15)14-10-12-4-3-9-18-12/h11-12,14H,2-10H2,1H3/p+1/t12-/m0/s1. The van der Waals surface area contributed by atoms with Gasteiger partial charge in [-0.1, -0.05) is 0 Å². The van der Waals surface area contributed by atoms with Crippen molar-refractivity contribution < 1.29 is 19.6 Å². The van der Waals surface area contributed by atoms with Gasteiger partial charge in [0, 0.05) is 32.5 Å². The molecule has 0 aromatic rings. The van der Waals surface area contributed by atoms with Gasteiger partial charge in [0.05, 0.1) is 12.6 Å². The fourth-order valence-electron chi connectivity index (χ4n) is 2.71. The number of nitrogens with zero attached hydrogens (tertiary/aromatic N) is 1. The molecule has 2 fully saturated rings. The van der Waals surface area contributed by atoms with E-state index in [0.29, 0.717) is 18.8 Å². The minimum Gasteiger partial charge on any atom is -0.450 e. The van der Waals surface area contributed by atoms with Crippen LogP contribution in [-0.4, -0.2) is 56.0 Å². The highest BCUT2D eigenvalue weighted by molar-refractivity contribution is 5.67. The van der Waals surface area contributed by atoms with E-state index in [1.807, 2.05) is 11.8 Å². The molecule has 0 spiro atoms. The van der Waals surface area contributed by atoms with E-state index in [1.54, 1.807) is 0 Å². The van der Waals surface area contributed by atoms with Gasteiger partial charge in [-0.05, 0) is 19.8 Å². The number of nitrogens with two attached hydrogens (primary N) is 1. The molecule has 0 aliphatic carbocycles. The molecule has 2 saturated heterocycles. The van der Waals surface area contributed by atoms with Gasteiger partial charge < -0.3 is 19.7 Å². The lowest BCUT2D eigenvalue weighted by Crippen LogP contribution is -2.92. The summed E-state index contributed by atoms with van der Waals surface area (Å²) < 4.78 is 10.6. The number of hydrogen-bond acceptors (Lipinski definition) is 3. The molecule has 0 bridgehead atoms. The summed E-state index contributed by atoms with van der Waals surface area (Å²) in [6.07, 6.45) is 4.83. The molecule has 2 aliphatic heterocycles. The largest absolute Gasteiger partial charge is 0.450 e. The smallest absolute Gasteiger partial charge is 0.409 e. The third-order valence-corrected chi connectivity index (χ3v) is 3.82. The zero-order valence-corrected chi connectivity index (χ0v) is 11.3. The summed E-state index contributed by atoms with van der Waals surface area (Å²) in [7, 11) is 0. The lowest BCUT2D eigenvalue weighted by Gasteiger charge is -2.30. The molecule has 18 heavy (non-hydrogen) atoms. The Balaban J connectivity index is 1.62. The molecule has 0 aromatic heterocycles. The van der Waals surface area contributed by atoms with E-state index in [4.69, 9.17) is 9.47 Å². The van der Waals surface area contributed by atoms with Gasteiger partial charge in [0.25, 0.3) is 0 Å². The Hall–Kier alpha value is -0.810. The minimum atomic E-state index is -0.157. The molecule has 5 heteroatoms. The summed E-state index contributed by atoms with van der Waals surface area (Å²) in [6.45, 7) is 5.96. The lowest BCUT2D eigenvalue weighted by atomic mass is 10.1. The maximum absolute atomic E-state index is 11.5. The molecule has 2 aliphatic rings. The van der Waals surface area contributed by atoms with Crippen molar-refractivity contribution in [2.45, 2.75) is 44.8 Å². The van der Waals surface area contributed by atoms with Gasteiger partial charge in [-0.25, -0.2) is 4.79 Å². The first kappa shape index (κ1) is 13.6. The van der Waals surface area contributed by atoms with Crippen LogP contribution in [0, 0.1) is 0 Å². The fourth-order valence-corrected chi connectivity index (χ4v) is 2.71. The van der Waals surface area contributed by atoms with Crippen LogP contribution >= 0.6 is 0 Å². The van der Waals surface area contributed by atoms with Gasteiger partial charge in [0.15, 0.2) is 0 Å². The molecule has 2 heterocycles. The second-order valence-corrected chi connectivity index (χ2v) is 5.13. The van der Waals surface area contributed by atoms with Crippen LogP contribution < -0.4 is 5.32 Å². The van der Waals surface area contributed by atoms with Gasteiger partial charge >= 0.3 is 6.09 Å². The predicted molar refractivity (Wildman–Crippen MR) is 67.4 cm³/mol. The Kier molecular flexibility index (Phi) is 5.26. The van der Waals surface area contributed by atoms with Crippen LogP contribution in [0.2, 0.25) is 0 Å². The van der Waals surface area contributed by atoms with Gasteiger partial charge in [-0.2, -0.15) is 0 Å². The Labute approximate surface area is 109 Å². The highest BCUT2D eigenvalue weighted by Crippen LogP contribution is 2.11. The number of ether oxygens (including phenoxy) is 2. The topological polar surface area (TPSA) is 55.4 Å². The molecular formula is C13H25N2O3+. The first-order chi connectivity index (χ1) is 8.79. The van der Waals surface area contributed by atoms with Crippen LogP contribution in [0.25, 0.3) is 0 Å². The molecule has 2 N–H and O–H groups in total. The minimum absolute atomic E-state index is 0.157. The molecule has 0 aromatic carbocycles. The second-order valence-electron chi connectivity index (χ2n) is 5.13. The molecule has 104 valence electrons. The fraction of sp³-hybridized carbons (Fsp3) is 0.923. The number of carbonyl (C=O) groups is 1. The zero-order chi connectivity index (χ0) is 12.8. The van der Waals surface area contributed by atoms with Crippen molar-refractivity contribution in [3.05, 3.63) is 0 Å². The Morgan fingerprint density at radius 1 is 1.39 bits per heavy atom. The van der Waals surface area contributed by atoms with E-state index >= 15 is 0 Å². The van der Waals surface area contributed by atoms with Gasteiger partial charge in [-0.15, -0.1) is 0 Å². The second kappa shape index (κ2) is 6.95. The summed E-state index contributed by atoms with van der Waals surface area (Å²) in [5.41, 5.74) is 0. The van der Waals surface area contributed by atoms with Crippen molar-refractivity contribution in [1.82, 2.24) is 4.90 Å². The number of rotatable bonds is 4. The average molecular weight is 257 g/mol. The van der Waals surface area contributed by atoms with E-state index in [9.17, 15) is 4.79 Å². The van der Waals surface area contributed by atoms with Crippen molar-refractivity contribution >= 4 is 6.09 Å². The monoisotopic (exact) mass is 257 g/mol. The van der Waals surface area contributed by atoms with Crippen LogP contribution in [-0.2, 0) is 9.47 Å². The van der Waals surface area contributed by atoms with Crippen molar-refractivity contribution in [3.8, 4) is 0 Å². The quantitative estimate of drug-likeness (QED) is 0.790. The molecule has 1 atom stereocenters. The lowest BCUT2D eigenvalue weighted by molar-refractivity contribution is -0.696. The molecule has 5 nitrogen and oxygen atoms in total. The van der Waals surface area contributed by atoms with Crippen LogP contribution in [0.4, 0.5) is 4.79 Å². The molecule has 0 unspecified atom stereocenters. The molecule has 2 rings (SSSR count). The average Bonchev–Trinajstić information content (AvgIpc) is 2.90. The Bertz CT molecular complexity index is 259. The summed E-state index contributed by atoms with van der Waals surface area (Å²) in [5.74, 6) is 0. The first-order valence-corrected chi connectivity index (χ1v) is 7.16. The van der Waals surface area contributed by atoms with Crippen molar-refractivity contribution in [3.63, 3.8) is 0 Å². The Morgan fingerprint density at radius 3 is 2.78 bits per heavy atom.